The van der Waals surface area contributed by atoms with Crippen molar-refractivity contribution in [2.45, 2.75) is 39.3 Å². The highest BCUT2D eigenvalue weighted by Crippen LogP contribution is 2.49. The van der Waals surface area contributed by atoms with E-state index in [-0.39, 0.29) is 42.2 Å². The van der Waals surface area contributed by atoms with Gasteiger partial charge in [-0.05, 0) is 56.9 Å². The fourth-order valence-electron chi connectivity index (χ4n) is 3.31. The molecule has 0 aromatic heterocycles. The zero-order chi connectivity index (χ0) is 17.6. The third-order valence-corrected chi connectivity index (χ3v) is 6.33. The molecule has 2 N–H and O–H groups in total. The molecular formula is C16H22FN3O3S. The molecule has 1 saturated heterocycles. The van der Waals surface area contributed by atoms with Crippen molar-refractivity contribution in [3.63, 3.8) is 0 Å². The molecule has 132 valence electrons. The molecule has 3 rings (SSSR count). The summed E-state index contributed by atoms with van der Waals surface area (Å²) in [6.07, 6.45) is 0.708. The van der Waals surface area contributed by atoms with E-state index in [1.54, 1.807) is 26.8 Å². The summed E-state index contributed by atoms with van der Waals surface area (Å²) in [5, 5.41) is 2.77. The Morgan fingerprint density at radius 1 is 1.38 bits per heavy atom. The Labute approximate surface area is 141 Å². The summed E-state index contributed by atoms with van der Waals surface area (Å²) in [5.41, 5.74) is 0.978. The van der Waals surface area contributed by atoms with Crippen molar-refractivity contribution in [3.05, 3.63) is 29.6 Å². The molecule has 2 fully saturated rings. The minimum Gasteiger partial charge on any atom is -0.326 e. The van der Waals surface area contributed by atoms with Crippen molar-refractivity contribution in [2.24, 2.45) is 11.8 Å². The molecule has 0 spiro atoms. The van der Waals surface area contributed by atoms with Crippen molar-refractivity contribution in [1.82, 2.24) is 9.03 Å². The van der Waals surface area contributed by atoms with Gasteiger partial charge in [0.1, 0.15) is 5.82 Å². The summed E-state index contributed by atoms with van der Waals surface area (Å²) in [6, 6.07) is 4.10. The molecular weight excluding hydrogens is 333 g/mol. The average molecular weight is 355 g/mol. The summed E-state index contributed by atoms with van der Waals surface area (Å²) in [7, 11) is -3.56. The average Bonchev–Trinajstić information content (AvgIpc) is 3.14. The number of rotatable bonds is 5. The lowest BCUT2D eigenvalue weighted by Gasteiger charge is -2.22. The van der Waals surface area contributed by atoms with Gasteiger partial charge in [0.2, 0.25) is 5.91 Å². The fourth-order valence-corrected chi connectivity index (χ4v) is 4.99. The molecule has 1 amide bonds. The predicted molar refractivity (Wildman–Crippen MR) is 89.0 cm³/mol. The number of nitrogens with zero attached hydrogens (tertiary/aromatic N) is 1. The topological polar surface area (TPSA) is 78.5 Å². The smallest absolute Gasteiger partial charge is 0.279 e. The van der Waals surface area contributed by atoms with Crippen LogP contribution in [0.5, 0.6) is 0 Å². The molecule has 1 saturated carbocycles. The number of fused-ring (bicyclic) bond motifs is 1. The molecule has 1 aromatic rings. The first-order chi connectivity index (χ1) is 11.2. The summed E-state index contributed by atoms with van der Waals surface area (Å²) in [5.74, 6) is -0.844. The van der Waals surface area contributed by atoms with Crippen LogP contribution in [-0.2, 0) is 15.0 Å². The summed E-state index contributed by atoms with van der Waals surface area (Å²) in [6.45, 7) is 5.34. The van der Waals surface area contributed by atoms with Gasteiger partial charge in [-0.15, -0.1) is 0 Å². The molecule has 1 aliphatic carbocycles. The molecule has 0 radical (unpaired) electrons. The minimum atomic E-state index is -3.56. The maximum absolute atomic E-state index is 13.3. The normalized spacial score (nSPS) is 26.5. The van der Waals surface area contributed by atoms with Crippen molar-refractivity contribution >= 4 is 21.8 Å². The van der Waals surface area contributed by atoms with Crippen molar-refractivity contribution in [3.8, 4) is 0 Å². The van der Waals surface area contributed by atoms with Gasteiger partial charge in [0.15, 0.2) is 0 Å². The van der Waals surface area contributed by atoms with Gasteiger partial charge < -0.3 is 5.32 Å². The van der Waals surface area contributed by atoms with Crippen LogP contribution in [0.3, 0.4) is 0 Å². The summed E-state index contributed by atoms with van der Waals surface area (Å²) in [4.78, 5) is 12.5. The molecule has 1 aliphatic heterocycles. The highest BCUT2D eigenvalue weighted by molar-refractivity contribution is 7.87. The maximum atomic E-state index is 13.3. The van der Waals surface area contributed by atoms with E-state index in [4.69, 9.17) is 0 Å². The highest BCUT2D eigenvalue weighted by atomic mass is 32.2. The Kier molecular flexibility index (Phi) is 4.39. The van der Waals surface area contributed by atoms with Crippen molar-refractivity contribution < 1.29 is 17.6 Å². The Balaban J connectivity index is 1.68. The SMILES string of the molecule is Cc1cc(NC(=O)C2CN(S(=O)(=O)NC(C)C)C3CC23)ccc1F. The zero-order valence-corrected chi connectivity index (χ0v) is 14.7. The first-order valence-corrected chi connectivity index (χ1v) is 9.49. The van der Waals surface area contributed by atoms with Crippen molar-refractivity contribution in [1.29, 1.82) is 0 Å². The van der Waals surface area contributed by atoms with E-state index < -0.39 is 10.2 Å². The van der Waals surface area contributed by atoms with E-state index in [1.807, 2.05) is 0 Å². The second kappa shape index (κ2) is 6.09. The van der Waals surface area contributed by atoms with E-state index in [0.29, 0.717) is 17.7 Å². The van der Waals surface area contributed by atoms with Crippen LogP contribution in [0, 0.1) is 24.6 Å². The van der Waals surface area contributed by atoms with Crippen LogP contribution in [0.2, 0.25) is 0 Å². The molecule has 3 atom stereocenters. The number of carbonyl (C=O) groups is 1. The van der Waals surface area contributed by atoms with Crippen molar-refractivity contribution in [2.75, 3.05) is 11.9 Å². The van der Waals surface area contributed by atoms with Crippen LogP contribution in [0.25, 0.3) is 0 Å². The third-order valence-electron chi connectivity index (χ3n) is 4.52. The Bertz CT molecular complexity index is 766. The minimum absolute atomic E-state index is 0.0651. The Morgan fingerprint density at radius 3 is 2.71 bits per heavy atom. The van der Waals surface area contributed by atoms with Gasteiger partial charge >= 0.3 is 0 Å². The third kappa shape index (κ3) is 3.31. The zero-order valence-electron chi connectivity index (χ0n) is 13.9. The summed E-state index contributed by atoms with van der Waals surface area (Å²) >= 11 is 0. The number of halogens is 1. The maximum Gasteiger partial charge on any atom is 0.279 e. The predicted octanol–water partition coefficient (Wildman–Crippen LogP) is 1.64. The number of piperidine rings is 1. The van der Waals surface area contributed by atoms with Gasteiger partial charge in [0, 0.05) is 24.3 Å². The van der Waals surface area contributed by atoms with Crippen LogP contribution in [0.4, 0.5) is 10.1 Å². The standard InChI is InChI=1S/C16H22FN3O3S/c1-9(2)19-24(22,23)20-8-13(12-7-15(12)20)16(21)18-11-4-5-14(17)10(3)6-11/h4-6,9,12-13,15,19H,7-8H2,1-3H3,(H,18,21). The number of hydrogen-bond donors (Lipinski definition) is 2. The lowest BCUT2D eigenvalue weighted by atomic mass is 10.0. The van der Waals surface area contributed by atoms with E-state index in [1.165, 1.54) is 16.4 Å². The van der Waals surface area contributed by atoms with Crippen LogP contribution in [0.15, 0.2) is 18.2 Å². The number of carbonyl (C=O) groups excluding carboxylic acids is 1. The van der Waals surface area contributed by atoms with Crippen LogP contribution >= 0.6 is 0 Å². The van der Waals surface area contributed by atoms with E-state index in [0.717, 1.165) is 0 Å². The van der Waals surface area contributed by atoms with Crippen LogP contribution < -0.4 is 10.0 Å². The van der Waals surface area contributed by atoms with Crippen LogP contribution in [0.1, 0.15) is 25.8 Å². The fraction of sp³-hybridized carbons (Fsp3) is 0.562. The van der Waals surface area contributed by atoms with E-state index in [2.05, 4.69) is 10.0 Å². The molecule has 1 aromatic carbocycles. The van der Waals surface area contributed by atoms with Gasteiger partial charge in [-0.3, -0.25) is 4.79 Å². The number of anilines is 1. The molecule has 8 heteroatoms. The highest BCUT2D eigenvalue weighted by Gasteiger charge is 2.59. The second-order valence-corrected chi connectivity index (χ2v) is 8.53. The van der Waals surface area contributed by atoms with Crippen LogP contribution in [-0.4, -0.2) is 37.3 Å². The number of benzene rings is 1. The van der Waals surface area contributed by atoms with Gasteiger partial charge in [0.25, 0.3) is 10.2 Å². The largest absolute Gasteiger partial charge is 0.326 e. The van der Waals surface area contributed by atoms with Gasteiger partial charge in [-0.25, -0.2) is 4.39 Å². The monoisotopic (exact) mass is 355 g/mol. The number of amides is 1. The number of aryl methyl sites for hydroxylation is 1. The first-order valence-electron chi connectivity index (χ1n) is 8.05. The lowest BCUT2D eigenvalue weighted by molar-refractivity contribution is -0.120. The molecule has 6 nitrogen and oxygen atoms in total. The quantitative estimate of drug-likeness (QED) is 0.843. The van der Waals surface area contributed by atoms with E-state index >= 15 is 0 Å². The van der Waals surface area contributed by atoms with Gasteiger partial charge in [0.05, 0.1) is 5.92 Å². The second-order valence-electron chi connectivity index (χ2n) is 6.87. The molecule has 2 aliphatic rings. The number of nitrogens with one attached hydrogen (secondary N) is 2. The molecule has 0 bridgehead atoms. The first kappa shape index (κ1) is 17.3. The van der Waals surface area contributed by atoms with Gasteiger partial charge in [-0.1, -0.05) is 0 Å². The molecule has 1 heterocycles. The Morgan fingerprint density at radius 2 is 2.08 bits per heavy atom. The summed E-state index contributed by atoms with van der Waals surface area (Å²) < 4.78 is 41.9. The molecule has 3 unspecified atom stereocenters. The lowest BCUT2D eigenvalue weighted by Crippen LogP contribution is -2.44. The Hall–Kier alpha value is -1.51. The van der Waals surface area contributed by atoms with Gasteiger partial charge in [-0.2, -0.15) is 17.4 Å². The number of hydrogen-bond acceptors (Lipinski definition) is 3. The van der Waals surface area contributed by atoms with E-state index in [9.17, 15) is 17.6 Å². The molecule has 24 heavy (non-hydrogen) atoms.